The normalized spacial score (nSPS) is 22.3. The van der Waals surface area contributed by atoms with Gasteiger partial charge in [-0.25, -0.2) is 0 Å². The summed E-state index contributed by atoms with van der Waals surface area (Å²) in [6, 6.07) is 0.963. The maximum atomic E-state index is 6.53. The minimum absolute atomic E-state index is 0.472. The van der Waals surface area contributed by atoms with E-state index in [1.165, 1.54) is 32.1 Å². The molecule has 0 aliphatic heterocycles. The van der Waals surface area contributed by atoms with Crippen molar-refractivity contribution < 1.29 is 0 Å². The average molecular weight is 274 g/mol. The van der Waals surface area contributed by atoms with Gasteiger partial charge in [0.1, 0.15) is 0 Å². The van der Waals surface area contributed by atoms with Crippen molar-refractivity contribution in [2.75, 3.05) is 5.88 Å². The van der Waals surface area contributed by atoms with Gasteiger partial charge >= 0.3 is 0 Å². The van der Waals surface area contributed by atoms with Gasteiger partial charge in [0.15, 0.2) is 0 Å². The first kappa shape index (κ1) is 13.2. The van der Waals surface area contributed by atoms with Crippen LogP contribution >= 0.6 is 33.8 Å². The van der Waals surface area contributed by atoms with E-state index in [4.69, 9.17) is 33.8 Å². The minimum Gasteiger partial charge on any atom is -0.146 e. The molecule has 1 fully saturated rings. The molecule has 0 bridgehead atoms. The zero-order chi connectivity index (χ0) is 10.6. The molecular weight excluding hydrogens is 255 g/mol. The molecule has 1 unspecified atom stereocenters. The van der Waals surface area contributed by atoms with E-state index in [9.17, 15) is 0 Å². The highest BCUT2D eigenvalue weighted by Crippen LogP contribution is 2.45. The third kappa shape index (κ3) is 3.92. The van der Waals surface area contributed by atoms with Crippen molar-refractivity contribution in [1.82, 2.24) is 0 Å². The molecule has 0 heterocycles. The monoisotopic (exact) mass is 272 g/mol. The molecule has 4 heteroatoms. The first-order chi connectivity index (χ1) is 6.56. The van der Waals surface area contributed by atoms with Crippen LogP contribution < -0.4 is 0 Å². The van der Waals surface area contributed by atoms with Gasteiger partial charge in [-0.1, -0.05) is 39.0 Å². The zero-order valence-electron chi connectivity index (χ0n) is 8.74. The third-order valence-corrected chi connectivity index (χ3v) is 9.40. The second kappa shape index (κ2) is 5.98. The number of hydrogen-bond acceptors (Lipinski definition) is 0. The van der Waals surface area contributed by atoms with Crippen LogP contribution in [0.1, 0.15) is 39.0 Å². The van der Waals surface area contributed by atoms with E-state index in [1.807, 2.05) is 0 Å². The molecule has 1 aliphatic carbocycles. The SMILES string of the molecule is CC(CCl)C[Si](Cl)(Cl)C1CCCCC1. The molecule has 0 nitrogen and oxygen atoms in total. The summed E-state index contributed by atoms with van der Waals surface area (Å²) in [6.45, 7) is 0.115. The molecule has 0 amide bonds. The van der Waals surface area contributed by atoms with Gasteiger partial charge in [0.25, 0.3) is 6.69 Å². The summed E-state index contributed by atoms with van der Waals surface area (Å²) in [7, 11) is 0. The van der Waals surface area contributed by atoms with Crippen LogP contribution in [0.4, 0.5) is 0 Å². The van der Waals surface area contributed by atoms with Crippen molar-refractivity contribution in [1.29, 1.82) is 0 Å². The fourth-order valence-corrected chi connectivity index (χ4v) is 8.05. The minimum atomic E-state index is -2.03. The van der Waals surface area contributed by atoms with Gasteiger partial charge in [-0.2, -0.15) is 0 Å². The summed E-state index contributed by atoms with van der Waals surface area (Å²) >= 11 is 18.9. The highest BCUT2D eigenvalue weighted by molar-refractivity contribution is 7.46. The van der Waals surface area contributed by atoms with Crippen molar-refractivity contribution in [2.45, 2.75) is 50.6 Å². The lowest BCUT2D eigenvalue weighted by molar-refractivity contribution is 0.494. The van der Waals surface area contributed by atoms with Crippen LogP contribution in [0.3, 0.4) is 0 Å². The number of hydrogen-bond donors (Lipinski definition) is 0. The first-order valence-electron chi connectivity index (χ1n) is 5.50. The van der Waals surface area contributed by atoms with E-state index >= 15 is 0 Å². The summed E-state index contributed by atoms with van der Waals surface area (Å²) in [6.07, 6.45) is 6.48. The van der Waals surface area contributed by atoms with Crippen LogP contribution in [0.2, 0.25) is 11.6 Å². The number of halogens is 3. The van der Waals surface area contributed by atoms with Gasteiger partial charge in [-0.3, -0.25) is 0 Å². The van der Waals surface area contributed by atoms with Crippen LogP contribution in [0.5, 0.6) is 0 Å². The molecule has 0 aromatic rings. The molecule has 0 saturated heterocycles. The Bertz CT molecular complexity index is 167. The maximum Gasteiger partial charge on any atom is 0.254 e. The van der Waals surface area contributed by atoms with E-state index in [0.29, 0.717) is 17.3 Å². The number of alkyl halides is 1. The molecule has 0 spiro atoms. The molecule has 1 aliphatic rings. The Hall–Kier alpha value is 1.09. The van der Waals surface area contributed by atoms with Crippen molar-refractivity contribution in [3.8, 4) is 0 Å². The largest absolute Gasteiger partial charge is 0.254 e. The topological polar surface area (TPSA) is 0 Å². The lowest BCUT2D eigenvalue weighted by Gasteiger charge is -2.32. The molecule has 0 aromatic carbocycles. The molecule has 84 valence electrons. The van der Waals surface area contributed by atoms with Crippen LogP contribution in [0.25, 0.3) is 0 Å². The highest BCUT2D eigenvalue weighted by Gasteiger charge is 2.39. The van der Waals surface area contributed by atoms with Gasteiger partial charge in [0, 0.05) is 5.88 Å². The van der Waals surface area contributed by atoms with Crippen LogP contribution in [-0.4, -0.2) is 12.6 Å². The van der Waals surface area contributed by atoms with Crippen molar-refractivity contribution in [2.24, 2.45) is 5.92 Å². The Balaban J connectivity index is 2.45. The van der Waals surface area contributed by atoms with E-state index in [1.54, 1.807) is 0 Å². The lowest BCUT2D eigenvalue weighted by atomic mass is 10.0. The van der Waals surface area contributed by atoms with Gasteiger partial charge in [0.2, 0.25) is 0 Å². The molecule has 14 heavy (non-hydrogen) atoms. The maximum absolute atomic E-state index is 6.53. The fraction of sp³-hybridized carbons (Fsp3) is 1.00. The molecule has 1 saturated carbocycles. The summed E-state index contributed by atoms with van der Waals surface area (Å²) in [4.78, 5) is 0. The summed E-state index contributed by atoms with van der Waals surface area (Å²) in [5.74, 6) is 1.15. The Labute approximate surface area is 103 Å². The Morgan fingerprint density at radius 2 is 1.79 bits per heavy atom. The Morgan fingerprint density at radius 1 is 1.21 bits per heavy atom. The second-order valence-corrected chi connectivity index (χ2v) is 12.2. The molecule has 1 atom stereocenters. The quantitative estimate of drug-likeness (QED) is 0.379. The first-order valence-corrected chi connectivity index (χ1v) is 10.3. The fourth-order valence-electron chi connectivity index (χ4n) is 2.21. The lowest BCUT2D eigenvalue weighted by Crippen LogP contribution is -2.31. The average Bonchev–Trinajstić information content (AvgIpc) is 2.18. The van der Waals surface area contributed by atoms with Crippen molar-refractivity contribution in [3.05, 3.63) is 0 Å². The summed E-state index contributed by atoms with van der Waals surface area (Å²) < 4.78 is 0. The highest BCUT2D eigenvalue weighted by atomic mass is 35.7. The summed E-state index contributed by atoms with van der Waals surface area (Å²) in [5, 5.41) is 0. The Morgan fingerprint density at radius 3 is 2.29 bits per heavy atom. The van der Waals surface area contributed by atoms with Gasteiger partial charge in [-0.15, -0.1) is 33.8 Å². The van der Waals surface area contributed by atoms with Gasteiger partial charge in [-0.05, 0) is 17.5 Å². The van der Waals surface area contributed by atoms with E-state index in [2.05, 4.69) is 6.92 Å². The number of rotatable bonds is 4. The standard InChI is InChI=1S/C10H19Cl3Si/c1-9(7-11)8-14(12,13)10-5-3-2-4-6-10/h9-10H,2-8H2,1H3. The molecule has 0 radical (unpaired) electrons. The predicted molar refractivity (Wildman–Crippen MR) is 69.0 cm³/mol. The van der Waals surface area contributed by atoms with Crippen LogP contribution in [-0.2, 0) is 0 Å². The smallest absolute Gasteiger partial charge is 0.146 e. The van der Waals surface area contributed by atoms with Gasteiger partial charge < -0.3 is 0 Å². The molecular formula is C10H19Cl3Si. The Kier molecular flexibility index (Phi) is 5.62. The molecule has 1 rings (SSSR count). The van der Waals surface area contributed by atoms with E-state index < -0.39 is 6.69 Å². The van der Waals surface area contributed by atoms with Crippen LogP contribution in [0, 0.1) is 5.92 Å². The predicted octanol–water partition coefficient (Wildman–Crippen LogP) is 5.12. The van der Waals surface area contributed by atoms with Gasteiger partial charge in [0.05, 0.1) is 0 Å². The van der Waals surface area contributed by atoms with Crippen molar-refractivity contribution >= 4 is 40.5 Å². The molecule has 0 aromatic heterocycles. The third-order valence-electron chi connectivity index (χ3n) is 3.09. The molecule has 0 N–H and O–H groups in total. The van der Waals surface area contributed by atoms with E-state index in [0.717, 1.165) is 6.04 Å². The zero-order valence-corrected chi connectivity index (χ0v) is 12.0. The van der Waals surface area contributed by atoms with E-state index in [-0.39, 0.29) is 0 Å². The van der Waals surface area contributed by atoms with Crippen molar-refractivity contribution in [3.63, 3.8) is 0 Å². The van der Waals surface area contributed by atoms with Crippen LogP contribution in [0.15, 0.2) is 0 Å². The summed E-state index contributed by atoms with van der Waals surface area (Å²) in [5.41, 5.74) is 0.616. The second-order valence-electron chi connectivity index (χ2n) is 4.56.